The third-order valence-electron chi connectivity index (χ3n) is 2.30. The Bertz CT molecular complexity index is 177. The highest BCUT2D eigenvalue weighted by molar-refractivity contribution is 5.39. The van der Waals surface area contributed by atoms with E-state index in [0.29, 0.717) is 19.0 Å². The van der Waals surface area contributed by atoms with E-state index in [9.17, 15) is 4.79 Å². The van der Waals surface area contributed by atoms with E-state index in [1.807, 2.05) is 0 Å². The molecular formula is C9H14O3. The number of carbonyl (C=O) groups is 1. The predicted molar refractivity (Wildman–Crippen MR) is 44.7 cm³/mol. The summed E-state index contributed by atoms with van der Waals surface area (Å²) >= 11 is 0. The molecule has 0 heterocycles. The van der Waals surface area contributed by atoms with Gasteiger partial charge in [0.05, 0.1) is 6.61 Å². The zero-order valence-corrected chi connectivity index (χ0v) is 7.29. The van der Waals surface area contributed by atoms with Gasteiger partial charge >= 0.3 is 0 Å². The summed E-state index contributed by atoms with van der Waals surface area (Å²) in [6.45, 7) is 5.06. The van der Waals surface area contributed by atoms with E-state index in [-0.39, 0.29) is 6.10 Å². The predicted octanol–water partition coefficient (Wildman–Crippen LogP) is 1.14. The third kappa shape index (κ3) is 1.85. The van der Waals surface area contributed by atoms with Crippen molar-refractivity contribution in [2.45, 2.75) is 18.9 Å². The SMILES string of the molecule is C=C1C(COC)CCC1OC=O. The fraction of sp³-hybridized carbons (Fsp3) is 0.667. The van der Waals surface area contributed by atoms with Crippen molar-refractivity contribution in [3.05, 3.63) is 12.2 Å². The van der Waals surface area contributed by atoms with Gasteiger partial charge in [-0.15, -0.1) is 0 Å². The molecule has 0 aromatic heterocycles. The second-order valence-corrected chi connectivity index (χ2v) is 3.03. The molecule has 3 nitrogen and oxygen atoms in total. The lowest BCUT2D eigenvalue weighted by atomic mass is 10.1. The van der Waals surface area contributed by atoms with E-state index in [4.69, 9.17) is 9.47 Å². The van der Waals surface area contributed by atoms with Crippen LogP contribution in [-0.2, 0) is 14.3 Å². The Labute approximate surface area is 72.4 Å². The summed E-state index contributed by atoms with van der Waals surface area (Å²) in [5, 5.41) is 0. The first-order valence-corrected chi connectivity index (χ1v) is 4.06. The zero-order chi connectivity index (χ0) is 8.97. The second kappa shape index (κ2) is 4.26. The number of hydrogen-bond acceptors (Lipinski definition) is 3. The fourth-order valence-electron chi connectivity index (χ4n) is 1.60. The molecule has 0 amide bonds. The average Bonchev–Trinajstić information content (AvgIpc) is 2.38. The first kappa shape index (κ1) is 9.26. The first-order chi connectivity index (χ1) is 5.79. The minimum Gasteiger partial charge on any atom is -0.460 e. The molecule has 12 heavy (non-hydrogen) atoms. The van der Waals surface area contributed by atoms with Gasteiger partial charge in [0.1, 0.15) is 6.10 Å². The average molecular weight is 170 g/mol. The summed E-state index contributed by atoms with van der Waals surface area (Å²) < 4.78 is 9.87. The van der Waals surface area contributed by atoms with Gasteiger partial charge in [0, 0.05) is 13.0 Å². The molecule has 0 aliphatic heterocycles. The molecule has 0 aromatic carbocycles. The van der Waals surface area contributed by atoms with Crippen LogP contribution in [0, 0.1) is 5.92 Å². The minimum absolute atomic E-state index is 0.0809. The second-order valence-electron chi connectivity index (χ2n) is 3.03. The molecule has 1 aliphatic carbocycles. The van der Waals surface area contributed by atoms with Crippen molar-refractivity contribution in [1.82, 2.24) is 0 Å². The molecular weight excluding hydrogens is 156 g/mol. The summed E-state index contributed by atoms with van der Waals surface area (Å²) in [6, 6.07) is 0. The lowest BCUT2D eigenvalue weighted by molar-refractivity contribution is -0.131. The quantitative estimate of drug-likeness (QED) is 0.469. The maximum absolute atomic E-state index is 10.1. The molecule has 68 valence electrons. The molecule has 0 aromatic rings. The van der Waals surface area contributed by atoms with Crippen molar-refractivity contribution in [1.29, 1.82) is 0 Å². The number of methoxy groups -OCH3 is 1. The van der Waals surface area contributed by atoms with Crippen LogP contribution < -0.4 is 0 Å². The van der Waals surface area contributed by atoms with Crippen molar-refractivity contribution < 1.29 is 14.3 Å². The standard InChI is InChI=1S/C9H14O3/c1-7-8(5-11-2)3-4-9(7)12-6-10/h6,8-9H,1,3-5H2,2H3. The number of carbonyl (C=O) groups excluding carboxylic acids is 1. The van der Waals surface area contributed by atoms with Crippen molar-refractivity contribution in [2.24, 2.45) is 5.92 Å². The van der Waals surface area contributed by atoms with E-state index in [0.717, 1.165) is 18.4 Å². The first-order valence-electron chi connectivity index (χ1n) is 4.06. The van der Waals surface area contributed by atoms with Crippen molar-refractivity contribution >= 4 is 6.47 Å². The van der Waals surface area contributed by atoms with E-state index in [2.05, 4.69) is 6.58 Å². The molecule has 1 rings (SSSR count). The van der Waals surface area contributed by atoms with Crippen LogP contribution in [-0.4, -0.2) is 26.3 Å². The number of hydrogen-bond donors (Lipinski definition) is 0. The van der Waals surface area contributed by atoms with Gasteiger partial charge in [-0.3, -0.25) is 4.79 Å². The molecule has 1 saturated carbocycles. The molecule has 2 unspecified atom stereocenters. The minimum atomic E-state index is -0.0809. The molecule has 1 aliphatic rings. The molecule has 0 bridgehead atoms. The summed E-state index contributed by atoms with van der Waals surface area (Å²) in [7, 11) is 1.67. The van der Waals surface area contributed by atoms with Crippen molar-refractivity contribution in [3.63, 3.8) is 0 Å². The summed E-state index contributed by atoms with van der Waals surface area (Å²) in [5.41, 5.74) is 0.990. The van der Waals surface area contributed by atoms with Crippen molar-refractivity contribution in [2.75, 3.05) is 13.7 Å². The summed E-state index contributed by atoms with van der Waals surface area (Å²) in [5.74, 6) is 0.361. The fourth-order valence-corrected chi connectivity index (χ4v) is 1.60. The maximum Gasteiger partial charge on any atom is 0.293 e. The molecule has 0 saturated heterocycles. The highest BCUT2D eigenvalue weighted by Crippen LogP contribution is 2.31. The van der Waals surface area contributed by atoms with E-state index in [1.165, 1.54) is 0 Å². The van der Waals surface area contributed by atoms with Crippen LogP contribution in [0.25, 0.3) is 0 Å². The van der Waals surface area contributed by atoms with E-state index in [1.54, 1.807) is 7.11 Å². The number of ether oxygens (including phenoxy) is 2. The van der Waals surface area contributed by atoms with Gasteiger partial charge < -0.3 is 9.47 Å². The Morgan fingerprint density at radius 3 is 3.00 bits per heavy atom. The van der Waals surface area contributed by atoms with Crippen LogP contribution in [0.3, 0.4) is 0 Å². The highest BCUT2D eigenvalue weighted by atomic mass is 16.5. The van der Waals surface area contributed by atoms with Crippen LogP contribution >= 0.6 is 0 Å². The Morgan fingerprint density at radius 2 is 2.42 bits per heavy atom. The largest absolute Gasteiger partial charge is 0.460 e. The van der Waals surface area contributed by atoms with Gasteiger partial charge in [-0.25, -0.2) is 0 Å². The normalized spacial score (nSPS) is 28.9. The third-order valence-corrected chi connectivity index (χ3v) is 2.30. The van der Waals surface area contributed by atoms with Gasteiger partial charge in [-0.2, -0.15) is 0 Å². The monoisotopic (exact) mass is 170 g/mol. The lowest BCUT2D eigenvalue weighted by Crippen LogP contribution is -2.13. The summed E-state index contributed by atoms with van der Waals surface area (Å²) in [4.78, 5) is 10.1. The Hall–Kier alpha value is -0.830. The van der Waals surface area contributed by atoms with Crippen LogP contribution in [0.15, 0.2) is 12.2 Å². The molecule has 0 spiro atoms. The van der Waals surface area contributed by atoms with Gasteiger partial charge in [0.25, 0.3) is 6.47 Å². The number of rotatable bonds is 4. The maximum atomic E-state index is 10.1. The van der Waals surface area contributed by atoms with Gasteiger partial charge in [-0.05, 0) is 18.4 Å². The van der Waals surface area contributed by atoms with E-state index >= 15 is 0 Å². The van der Waals surface area contributed by atoms with Crippen LogP contribution in [0.4, 0.5) is 0 Å². The topological polar surface area (TPSA) is 35.5 Å². The van der Waals surface area contributed by atoms with Gasteiger partial charge in [0.2, 0.25) is 0 Å². The Morgan fingerprint density at radius 1 is 1.67 bits per heavy atom. The van der Waals surface area contributed by atoms with Crippen LogP contribution in [0.2, 0.25) is 0 Å². The van der Waals surface area contributed by atoms with Crippen LogP contribution in [0.1, 0.15) is 12.8 Å². The summed E-state index contributed by atoms with van der Waals surface area (Å²) in [6.07, 6.45) is 1.80. The Balaban J connectivity index is 2.43. The smallest absolute Gasteiger partial charge is 0.293 e. The Kier molecular flexibility index (Phi) is 3.29. The highest BCUT2D eigenvalue weighted by Gasteiger charge is 2.29. The van der Waals surface area contributed by atoms with Crippen LogP contribution in [0.5, 0.6) is 0 Å². The zero-order valence-electron chi connectivity index (χ0n) is 7.29. The molecule has 1 fully saturated rings. The molecule has 3 heteroatoms. The van der Waals surface area contributed by atoms with Gasteiger partial charge in [0.15, 0.2) is 0 Å². The van der Waals surface area contributed by atoms with Crippen molar-refractivity contribution in [3.8, 4) is 0 Å². The molecule has 0 radical (unpaired) electrons. The molecule has 0 N–H and O–H groups in total. The lowest BCUT2D eigenvalue weighted by Gasteiger charge is -2.12. The van der Waals surface area contributed by atoms with Gasteiger partial charge in [-0.1, -0.05) is 6.58 Å². The van der Waals surface area contributed by atoms with E-state index < -0.39 is 0 Å². The molecule has 2 atom stereocenters.